The largest absolute Gasteiger partial charge is 0.444 e. The van der Waals surface area contributed by atoms with Crippen LogP contribution < -0.4 is 5.32 Å². The average Bonchev–Trinajstić information content (AvgIpc) is 3.28. The number of anilines is 1. The Morgan fingerprint density at radius 2 is 2.00 bits per heavy atom. The zero-order valence-electron chi connectivity index (χ0n) is 17.9. The Morgan fingerprint density at radius 3 is 2.77 bits per heavy atom. The number of hydrogen-bond acceptors (Lipinski definition) is 7. The minimum Gasteiger partial charge on any atom is -0.444 e. The SMILES string of the molecule is CC(C)(C)OC(=O)N1CCc2nc(NC(=O)CCCc3nc4ccccc4s3)sc2C1. The molecule has 3 aromatic rings. The van der Waals surface area contributed by atoms with Crippen LogP contribution in [0.1, 0.15) is 49.2 Å². The van der Waals surface area contributed by atoms with Gasteiger partial charge in [-0.2, -0.15) is 0 Å². The van der Waals surface area contributed by atoms with Crippen LogP contribution in [0.15, 0.2) is 24.3 Å². The Balaban J connectivity index is 1.27. The number of amides is 2. The fourth-order valence-corrected chi connectivity index (χ4v) is 5.39. The molecule has 4 rings (SSSR count). The molecule has 1 aliphatic rings. The molecule has 0 saturated heterocycles. The number of carbonyl (C=O) groups excluding carboxylic acids is 2. The van der Waals surface area contributed by atoms with Gasteiger partial charge in [-0.15, -0.1) is 11.3 Å². The Kier molecular flexibility index (Phi) is 6.24. The summed E-state index contributed by atoms with van der Waals surface area (Å²) in [5.41, 5.74) is 1.45. The maximum absolute atomic E-state index is 12.4. The molecule has 164 valence electrons. The molecule has 1 N–H and O–H groups in total. The van der Waals surface area contributed by atoms with Crippen LogP contribution >= 0.6 is 22.7 Å². The first-order valence-electron chi connectivity index (χ1n) is 10.4. The van der Waals surface area contributed by atoms with E-state index in [-0.39, 0.29) is 12.0 Å². The van der Waals surface area contributed by atoms with E-state index >= 15 is 0 Å². The second-order valence-corrected chi connectivity index (χ2v) is 10.7. The van der Waals surface area contributed by atoms with Gasteiger partial charge in [0.05, 0.1) is 27.5 Å². The number of benzene rings is 1. The van der Waals surface area contributed by atoms with Crippen LogP contribution in [-0.4, -0.2) is 39.0 Å². The number of nitrogens with zero attached hydrogens (tertiary/aromatic N) is 3. The molecule has 0 bridgehead atoms. The zero-order chi connectivity index (χ0) is 22.0. The Bertz CT molecular complexity index is 1070. The van der Waals surface area contributed by atoms with Gasteiger partial charge in [-0.25, -0.2) is 14.8 Å². The number of ether oxygens (including phenoxy) is 1. The molecule has 3 heterocycles. The van der Waals surface area contributed by atoms with Gasteiger partial charge < -0.3 is 15.0 Å². The molecule has 2 amide bonds. The minimum absolute atomic E-state index is 0.0452. The zero-order valence-corrected chi connectivity index (χ0v) is 19.6. The summed E-state index contributed by atoms with van der Waals surface area (Å²) in [7, 11) is 0. The van der Waals surface area contributed by atoms with Gasteiger partial charge in [0, 0.05) is 24.3 Å². The molecule has 1 aliphatic heterocycles. The lowest BCUT2D eigenvalue weighted by Crippen LogP contribution is -2.39. The number of aryl methyl sites for hydroxylation is 1. The molecule has 7 nitrogen and oxygen atoms in total. The molecule has 0 atom stereocenters. The predicted octanol–water partition coefficient (Wildman–Crippen LogP) is 5.01. The van der Waals surface area contributed by atoms with Crippen molar-refractivity contribution >= 4 is 50.0 Å². The summed E-state index contributed by atoms with van der Waals surface area (Å²) in [6, 6.07) is 8.07. The molecule has 1 aromatic carbocycles. The summed E-state index contributed by atoms with van der Waals surface area (Å²) in [4.78, 5) is 36.5. The fraction of sp³-hybridized carbons (Fsp3) is 0.455. The van der Waals surface area contributed by atoms with E-state index in [4.69, 9.17) is 4.74 Å². The first-order chi connectivity index (χ1) is 14.8. The molecule has 0 spiro atoms. The van der Waals surface area contributed by atoms with E-state index in [0.29, 0.717) is 31.1 Å². The first kappa shape index (κ1) is 21.7. The van der Waals surface area contributed by atoms with Crippen molar-refractivity contribution in [3.8, 4) is 0 Å². The van der Waals surface area contributed by atoms with Crippen LogP contribution in [0, 0.1) is 0 Å². The van der Waals surface area contributed by atoms with E-state index in [1.807, 2.05) is 39.0 Å². The lowest BCUT2D eigenvalue weighted by Gasteiger charge is -2.29. The van der Waals surface area contributed by atoms with Gasteiger partial charge in [0.25, 0.3) is 0 Å². The van der Waals surface area contributed by atoms with E-state index in [9.17, 15) is 9.59 Å². The van der Waals surface area contributed by atoms with Crippen LogP contribution in [0.3, 0.4) is 0 Å². The number of nitrogens with one attached hydrogen (secondary N) is 1. The number of para-hydroxylation sites is 1. The van der Waals surface area contributed by atoms with E-state index in [1.165, 1.54) is 16.0 Å². The highest BCUT2D eigenvalue weighted by molar-refractivity contribution is 7.18. The van der Waals surface area contributed by atoms with Crippen molar-refractivity contribution in [2.24, 2.45) is 0 Å². The Hall–Kier alpha value is -2.52. The van der Waals surface area contributed by atoms with Crippen molar-refractivity contribution in [1.82, 2.24) is 14.9 Å². The van der Waals surface area contributed by atoms with Gasteiger partial charge in [-0.1, -0.05) is 23.5 Å². The number of aromatic nitrogens is 2. The fourth-order valence-electron chi connectivity index (χ4n) is 3.34. The lowest BCUT2D eigenvalue weighted by molar-refractivity contribution is -0.116. The van der Waals surface area contributed by atoms with Gasteiger partial charge in [-0.05, 0) is 45.7 Å². The van der Waals surface area contributed by atoms with E-state index in [2.05, 4.69) is 21.4 Å². The van der Waals surface area contributed by atoms with Crippen molar-refractivity contribution in [3.05, 3.63) is 39.8 Å². The summed E-state index contributed by atoms with van der Waals surface area (Å²) >= 11 is 3.11. The van der Waals surface area contributed by atoms with Crippen LogP contribution in [-0.2, 0) is 28.9 Å². The van der Waals surface area contributed by atoms with Crippen molar-refractivity contribution in [1.29, 1.82) is 0 Å². The molecule has 0 unspecified atom stereocenters. The van der Waals surface area contributed by atoms with Crippen molar-refractivity contribution in [3.63, 3.8) is 0 Å². The molecule has 31 heavy (non-hydrogen) atoms. The highest BCUT2D eigenvalue weighted by Gasteiger charge is 2.28. The van der Waals surface area contributed by atoms with Crippen molar-refractivity contribution in [2.45, 2.75) is 58.6 Å². The number of hydrogen-bond donors (Lipinski definition) is 1. The summed E-state index contributed by atoms with van der Waals surface area (Å²) < 4.78 is 6.64. The summed E-state index contributed by atoms with van der Waals surface area (Å²) in [6.45, 7) is 6.61. The third kappa shape index (κ3) is 5.59. The molecular weight excluding hydrogens is 432 g/mol. The van der Waals surface area contributed by atoms with Crippen LogP contribution in [0.2, 0.25) is 0 Å². The standard InChI is InChI=1S/C22H26N4O3S2/c1-22(2,3)29-21(28)26-12-11-15-17(13-26)31-20(24-15)25-18(27)9-6-10-19-23-14-7-4-5-8-16(14)30-19/h4-5,7-8H,6,9-13H2,1-3H3,(H,24,25,27). The molecule has 0 saturated carbocycles. The highest BCUT2D eigenvalue weighted by Crippen LogP contribution is 2.29. The predicted molar refractivity (Wildman–Crippen MR) is 124 cm³/mol. The quantitative estimate of drug-likeness (QED) is 0.581. The van der Waals surface area contributed by atoms with Gasteiger partial charge >= 0.3 is 6.09 Å². The molecule has 2 aromatic heterocycles. The van der Waals surface area contributed by atoms with E-state index < -0.39 is 5.60 Å². The van der Waals surface area contributed by atoms with Gasteiger partial charge in [0.1, 0.15) is 5.60 Å². The highest BCUT2D eigenvalue weighted by atomic mass is 32.1. The first-order valence-corrected chi connectivity index (χ1v) is 12.0. The van der Waals surface area contributed by atoms with E-state index in [0.717, 1.165) is 33.9 Å². The Morgan fingerprint density at radius 1 is 1.19 bits per heavy atom. The third-order valence-corrected chi connectivity index (χ3v) is 6.86. The van der Waals surface area contributed by atoms with Crippen LogP contribution in [0.4, 0.5) is 9.93 Å². The average molecular weight is 459 g/mol. The second-order valence-electron chi connectivity index (χ2n) is 8.52. The molecule has 0 fully saturated rings. The normalized spacial score (nSPS) is 13.8. The maximum atomic E-state index is 12.4. The number of rotatable bonds is 5. The summed E-state index contributed by atoms with van der Waals surface area (Å²) in [5, 5.41) is 4.57. The van der Waals surface area contributed by atoms with Crippen molar-refractivity contribution < 1.29 is 14.3 Å². The molecule has 9 heteroatoms. The summed E-state index contributed by atoms with van der Waals surface area (Å²) in [6.07, 6.45) is 2.30. The van der Waals surface area contributed by atoms with Crippen LogP contribution in [0.25, 0.3) is 10.2 Å². The molecular formula is C22H26N4O3S2. The third-order valence-electron chi connectivity index (χ3n) is 4.76. The lowest BCUT2D eigenvalue weighted by atomic mass is 10.2. The topological polar surface area (TPSA) is 84.4 Å². The number of thiazole rings is 2. The molecule has 0 aliphatic carbocycles. The van der Waals surface area contributed by atoms with E-state index in [1.54, 1.807) is 16.2 Å². The second kappa shape index (κ2) is 8.92. The van der Waals surface area contributed by atoms with Gasteiger partial charge in [-0.3, -0.25) is 4.79 Å². The Labute approximate surface area is 189 Å². The monoisotopic (exact) mass is 458 g/mol. The summed E-state index contributed by atoms with van der Waals surface area (Å²) in [5.74, 6) is -0.0452. The molecule has 0 radical (unpaired) electrons. The van der Waals surface area contributed by atoms with Gasteiger partial charge in [0.15, 0.2) is 5.13 Å². The van der Waals surface area contributed by atoms with Crippen LogP contribution in [0.5, 0.6) is 0 Å². The number of fused-ring (bicyclic) bond motifs is 2. The van der Waals surface area contributed by atoms with Gasteiger partial charge in [0.2, 0.25) is 5.91 Å². The minimum atomic E-state index is -0.518. The smallest absolute Gasteiger partial charge is 0.410 e. The number of carbonyl (C=O) groups is 2. The maximum Gasteiger partial charge on any atom is 0.410 e. The van der Waals surface area contributed by atoms with Crippen molar-refractivity contribution in [2.75, 3.05) is 11.9 Å².